The van der Waals surface area contributed by atoms with Gasteiger partial charge in [0.2, 0.25) is 0 Å². The average Bonchev–Trinajstić information content (AvgIpc) is 2.80. The molecule has 0 amide bonds. The van der Waals surface area contributed by atoms with Gasteiger partial charge < -0.3 is 4.42 Å². The lowest BCUT2D eigenvalue weighted by Crippen LogP contribution is -2.03. The molecule has 0 unspecified atom stereocenters. The summed E-state index contributed by atoms with van der Waals surface area (Å²) >= 11 is 5.80. The summed E-state index contributed by atoms with van der Waals surface area (Å²) in [4.78, 5) is 25.8. The smallest absolute Gasteiger partial charge is 0.408 e. The Morgan fingerprint density at radius 2 is 1.90 bits per heavy atom. The molecule has 2 aromatic carbocycles. The number of H-pyrrole nitrogens is 1. The molecule has 5 heteroatoms. The van der Waals surface area contributed by atoms with Crippen molar-refractivity contribution in [2.75, 3.05) is 0 Å². The Balaban J connectivity index is 1.88. The topological polar surface area (TPSA) is 63.1 Å². The van der Waals surface area contributed by atoms with Gasteiger partial charge in [-0.05, 0) is 35.9 Å². The molecule has 1 aromatic heterocycles. The number of rotatable bonds is 3. The second-order valence-electron chi connectivity index (χ2n) is 4.45. The third kappa shape index (κ3) is 2.51. The minimum atomic E-state index is -0.526. The number of aromatic nitrogens is 1. The van der Waals surface area contributed by atoms with Gasteiger partial charge in [0, 0.05) is 17.0 Å². The lowest BCUT2D eigenvalue weighted by Gasteiger charge is -2.01. The fraction of sp³-hybridized carbons (Fsp3) is 0.0667. The molecule has 100 valence electrons. The number of nitrogens with one attached hydrogen (secondary N) is 1. The maximum absolute atomic E-state index is 12.2. The molecule has 0 atom stereocenters. The molecular weight excluding hydrogens is 278 g/mol. The predicted molar refractivity (Wildman–Crippen MR) is 76.3 cm³/mol. The molecule has 3 aromatic rings. The Labute approximate surface area is 119 Å². The molecule has 0 aliphatic heterocycles. The van der Waals surface area contributed by atoms with Crippen LogP contribution in [0.2, 0.25) is 5.02 Å². The zero-order valence-corrected chi connectivity index (χ0v) is 11.1. The van der Waals surface area contributed by atoms with E-state index in [1.165, 1.54) is 0 Å². The van der Waals surface area contributed by atoms with E-state index in [0.29, 0.717) is 21.7 Å². The van der Waals surface area contributed by atoms with Crippen LogP contribution in [0.1, 0.15) is 15.9 Å². The Morgan fingerprint density at radius 3 is 2.65 bits per heavy atom. The maximum Gasteiger partial charge on any atom is 0.417 e. The molecule has 0 fully saturated rings. The molecule has 0 aliphatic rings. The summed E-state index contributed by atoms with van der Waals surface area (Å²) in [5.41, 5.74) is 2.36. The Hall–Kier alpha value is -2.33. The number of Topliss-reactive ketones (excluding diaryl/α,β-unsaturated/α-hetero) is 1. The predicted octanol–water partition coefficient (Wildman–Crippen LogP) is 3.20. The third-order valence-corrected chi connectivity index (χ3v) is 3.27. The van der Waals surface area contributed by atoms with E-state index < -0.39 is 5.76 Å². The fourth-order valence-corrected chi connectivity index (χ4v) is 2.13. The van der Waals surface area contributed by atoms with Gasteiger partial charge in [0.05, 0.1) is 5.52 Å². The van der Waals surface area contributed by atoms with Gasteiger partial charge in [-0.15, -0.1) is 0 Å². The van der Waals surface area contributed by atoms with E-state index in [1.54, 1.807) is 30.3 Å². The van der Waals surface area contributed by atoms with Crippen molar-refractivity contribution in [1.29, 1.82) is 0 Å². The molecule has 3 rings (SSSR count). The van der Waals surface area contributed by atoms with E-state index in [-0.39, 0.29) is 12.2 Å². The fourth-order valence-electron chi connectivity index (χ4n) is 2.01. The van der Waals surface area contributed by atoms with E-state index in [4.69, 9.17) is 16.0 Å². The first-order valence-corrected chi connectivity index (χ1v) is 6.40. The first-order valence-electron chi connectivity index (χ1n) is 6.02. The normalized spacial score (nSPS) is 10.8. The number of fused-ring (bicyclic) bond motifs is 1. The van der Waals surface area contributed by atoms with Crippen molar-refractivity contribution in [2.24, 2.45) is 0 Å². The summed E-state index contributed by atoms with van der Waals surface area (Å²) in [6.45, 7) is 0. The van der Waals surface area contributed by atoms with Crippen molar-refractivity contribution < 1.29 is 9.21 Å². The van der Waals surface area contributed by atoms with Gasteiger partial charge in [0.1, 0.15) is 0 Å². The maximum atomic E-state index is 12.2. The first-order chi connectivity index (χ1) is 9.61. The molecule has 0 saturated carbocycles. The number of ketones is 1. The third-order valence-electron chi connectivity index (χ3n) is 3.02. The summed E-state index contributed by atoms with van der Waals surface area (Å²) in [5.74, 6) is -0.569. The highest BCUT2D eigenvalue weighted by molar-refractivity contribution is 6.30. The zero-order chi connectivity index (χ0) is 14.1. The van der Waals surface area contributed by atoms with Crippen LogP contribution in [0.15, 0.2) is 51.7 Å². The molecule has 0 radical (unpaired) electrons. The molecule has 0 bridgehead atoms. The number of benzene rings is 2. The summed E-state index contributed by atoms with van der Waals surface area (Å²) < 4.78 is 4.94. The van der Waals surface area contributed by atoms with Crippen LogP contribution >= 0.6 is 11.6 Å². The number of carbonyl (C=O) groups excluding carboxylic acids is 1. The number of oxazole rings is 1. The SMILES string of the molecule is O=C(Cc1ccc(Cl)cc1)c1ccc2[nH]c(=O)oc2c1. The number of carbonyl (C=O) groups is 1. The molecule has 1 N–H and O–H groups in total. The lowest BCUT2D eigenvalue weighted by molar-refractivity contribution is 0.0993. The highest BCUT2D eigenvalue weighted by Crippen LogP contribution is 2.16. The van der Waals surface area contributed by atoms with Crippen molar-refractivity contribution >= 4 is 28.5 Å². The molecule has 4 nitrogen and oxygen atoms in total. The van der Waals surface area contributed by atoms with Crippen molar-refractivity contribution in [1.82, 2.24) is 4.98 Å². The van der Waals surface area contributed by atoms with Gasteiger partial charge in [-0.1, -0.05) is 23.7 Å². The first kappa shape index (κ1) is 12.7. The molecular formula is C15H10ClNO3. The zero-order valence-electron chi connectivity index (χ0n) is 10.4. The second-order valence-corrected chi connectivity index (χ2v) is 4.89. The molecule has 0 spiro atoms. The van der Waals surface area contributed by atoms with Crippen molar-refractivity contribution in [3.63, 3.8) is 0 Å². The van der Waals surface area contributed by atoms with E-state index in [1.807, 2.05) is 12.1 Å². The van der Waals surface area contributed by atoms with E-state index in [2.05, 4.69) is 4.98 Å². The summed E-state index contributed by atoms with van der Waals surface area (Å²) in [5, 5.41) is 0.636. The van der Waals surface area contributed by atoms with Gasteiger partial charge in [-0.3, -0.25) is 9.78 Å². The molecule has 0 saturated heterocycles. The van der Waals surface area contributed by atoms with Crippen LogP contribution in [0.3, 0.4) is 0 Å². The van der Waals surface area contributed by atoms with Gasteiger partial charge in [0.15, 0.2) is 11.4 Å². The number of halogens is 1. The molecule has 1 heterocycles. The minimum Gasteiger partial charge on any atom is -0.408 e. The van der Waals surface area contributed by atoms with Crippen LogP contribution < -0.4 is 5.76 Å². The van der Waals surface area contributed by atoms with Crippen molar-refractivity contribution in [3.8, 4) is 0 Å². The van der Waals surface area contributed by atoms with Crippen LogP contribution in [-0.2, 0) is 6.42 Å². The largest absolute Gasteiger partial charge is 0.417 e. The highest BCUT2D eigenvalue weighted by atomic mass is 35.5. The monoisotopic (exact) mass is 287 g/mol. The van der Waals surface area contributed by atoms with Crippen molar-refractivity contribution in [2.45, 2.75) is 6.42 Å². The van der Waals surface area contributed by atoms with Gasteiger partial charge in [0.25, 0.3) is 0 Å². The van der Waals surface area contributed by atoms with Gasteiger partial charge in [-0.2, -0.15) is 0 Å². The quantitative estimate of drug-likeness (QED) is 0.752. The van der Waals surface area contributed by atoms with Gasteiger partial charge >= 0.3 is 5.76 Å². The molecule has 0 aliphatic carbocycles. The summed E-state index contributed by atoms with van der Waals surface area (Å²) in [6, 6.07) is 12.0. The second kappa shape index (κ2) is 4.98. The number of hydrogen-bond acceptors (Lipinski definition) is 3. The van der Waals surface area contributed by atoms with Gasteiger partial charge in [-0.25, -0.2) is 4.79 Å². The van der Waals surface area contributed by atoms with E-state index in [9.17, 15) is 9.59 Å². The minimum absolute atomic E-state index is 0.0435. The van der Waals surface area contributed by atoms with Crippen LogP contribution in [0.25, 0.3) is 11.1 Å². The van der Waals surface area contributed by atoms with Crippen LogP contribution in [0.4, 0.5) is 0 Å². The summed E-state index contributed by atoms with van der Waals surface area (Å²) in [6.07, 6.45) is 0.275. The Morgan fingerprint density at radius 1 is 1.15 bits per heavy atom. The number of aromatic amines is 1. The Bertz CT molecular complexity index is 830. The molecule has 20 heavy (non-hydrogen) atoms. The Kier molecular flexibility index (Phi) is 3.16. The van der Waals surface area contributed by atoms with E-state index >= 15 is 0 Å². The van der Waals surface area contributed by atoms with Crippen LogP contribution in [0, 0.1) is 0 Å². The average molecular weight is 288 g/mol. The van der Waals surface area contributed by atoms with Crippen LogP contribution in [0.5, 0.6) is 0 Å². The van der Waals surface area contributed by atoms with E-state index in [0.717, 1.165) is 5.56 Å². The summed E-state index contributed by atoms with van der Waals surface area (Å²) in [7, 11) is 0. The lowest BCUT2D eigenvalue weighted by atomic mass is 10.0. The number of hydrogen-bond donors (Lipinski definition) is 1. The standard InChI is InChI=1S/C15H10ClNO3/c16-11-4-1-9(2-5-11)7-13(18)10-3-6-12-14(8-10)20-15(19)17-12/h1-6,8H,7H2,(H,17,19). The van der Waals surface area contributed by atoms with Crippen molar-refractivity contribution in [3.05, 3.63) is 69.2 Å². The van der Waals surface area contributed by atoms with Crippen LogP contribution in [-0.4, -0.2) is 10.8 Å². The highest BCUT2D eigenvalue weighted by Gasteiger charge is 2.10.